The van der Waals surface area contributed by atoms with Gasteiger partial charge in [0.25, 0.3) is 0 Å². The van der Waals surface area contributed by atoms with Gasteiger partial charge in [0.05, 0.1) is 18.6 Å². The summed E-state index contributed by atoms with van der Waals surface area (Å²) in [6.45, 7) is 4.72. The first-order chi connectivity index (χ1) is 7.98. The molecule has 0 aliphatic carbocycles. The van der Waals surface area contributed by atoms with Gasteiger partial charge in [-0.1, -0.05) is 0 Å². The minimum Gasteiger partial charge on any atom is -0.496 e. The summed E-state index contributed by atoms with van der Waals surface area (Å²) in [5.74, 6) is 0.357. The van der Waals surface area contributed by atoms with E-state index in [1.54, 1.807) is 13.2 Å². The Hall–Kier alpha value is -1.60. The molecule has 92 valence electrons. The summed E-state index contributed by atoms with van der Waals surface area (Å²) in [5.41, 5.74) is 0.321. The third kappa shape index (κ3) is 4.04. The summed E-state index contributed by atoms with van der Waals surface area (Å²) in [4.78, 5) is 0. The van der Waals surface area contributed by atoms with Crippen LogP contribution in [0.5, 0.6) is 5.75 Å². The van der Waals surface area contributed by atoms with Crippen molar-refractivity contribution in [2.75, 3.05) is 13.7 Å². The van der Waals surface area contributed by atoms with Gasteiger partial charge >= 0.3 is 0 Å². The molecule has 3 nitrogen and oxygen atoms in total. The molecule has 0 saturated carbocycles. The molecule has 0 amide bonds. The SMILES string of the molecule is COc1ccc(F)cc1CNCC(C)(C)C#N. The molecule has 1 aromatic carbocycles. The molecule has 0 aliphatic heterocycles. The normalized spacial score (nSPS) is 11.0. The zero-order valence-corrected chi connectivity index (χ0v) is 10.4. The van der Waals surface area contributed by atoms with E-state index in [0.29, 0.717) is 18.8 Å². The molecule has 0 heterocycles. The van der Waals surface area contributed by atoms with Gasteiger partial charge in [-0.15, -0.1) is 0 Å². The average Bonchev–Trinajstić information content (AvgIpc) is 2.29. The lowest BCUT2D eigenvalue weighted by molar-refractivity contribution is 0.400. The van der Waals surface area contributed by atoms with Gasteiger partial charge in [0, 0.05) is 18.7 Å². The van der Waals surface area contributed by atoms with Gasteiger partial charge in [0.2, 0.25) is 0 Å². The lowest BCUT2D eigenvalue weighted by Gasteiger charge is -2.16. The molecular formula is C13H17FN2O. The van der Waals surface area contributed by atoms with E-state index in [0.717, 1.165) is 5.56 Å². The highest BCUT2D eigenvalue weighted by molar-refractivity contribution is 5.33. The molecule has 0 saturated heterocycles. The van der Waals surface area contributed by atoms with E-state index in [-0.39, 0.29) is 5.82 Å². The summed E-state index contributed by atoms with van der Waals surface area (Å²) in [7, 11) is 1.55. The minimum absolute atomic E-state index is 0.290. The zero-order valence-electron chi connectivity index (χ0n) is 10.4. The predicted molar refractivity (Wildman–Crippen MR) is 64.1 cm³/mol. The Morgan fingerprint density at radius 2 is 2.18 bits per heavy atom. The third-order valence-corrected chi connectivity index (χ3v) is 2.43. The van der Waals surface area contributed by atoms with Gasteiger partial charge in [-0.2, -0.15) is 5.26 Å². The number of benzene rings is 1. The van der Waals surface area contributed by atoms with Crippen molar-refractivity contribution in [1.82, 2.24) is 5.32 Å². The van der Waals surface area contributed by atoms with E-state index in [9.17, 15) is 4.39 Å². The van der Waals surface area contributed by atoms with E-state index in [4.69, 9.17) is 10.00 Å². The van der Waals surface area contributed by atoms with E-state index in [1.165, 1.54) is 12.1 Å². The van der Waals surface area contributed by atoms with Crippen LogP contribution in [0.25, 0.3) is 0 Å². The number of methoxy groups -OCH3 is 1. The monoisotopic (exact) mass is 236 g/mol. The number of nitrogens with zero attached hydrogens (tertiary/aromatic N) is 1. The Balaban J connectivity index is 2.63. The Kier molecular flexibility index (Phi) is 4.47. The maximum atomic E-state index is 13.1. The maximum absolute atomic E-state index is 13.1. The summed E-state index contributed by atoms with van der Waals surface area (Å²) < 4.78 is 18.2. The third-order valence-electron chi connectivity index (χ3n) is 2.43. The Morgan fingerprint density at radius 3 is 2.76 bits per heavy atom. The number of ether oxygens (including phenoxy) is 1. The molecule has 0 atom stereocenters. The van der Waals surface area contributed by atoms with Crippen LogP contribution in [0.15, 0.2) is 18.2 Å². The highest BCUT2D eigenvalue weighted by atomic mass is 19.1. The van der Waals surface area contributed by atoms with Crippen molar-refractivity contribution in [3.63, 3.8) is 0 Å². The van der Waals surface area contributed by atoms with E-state index < -0.39 is 5.41 Å². The number of halogens is 1. The number of rotatable bonds is 5. The smallest absolute Gasteiger partial charge is 0.123 e. The summed E-state index contributed by atoms with van der Waals surface area (Å²) in [5, 5.41) is 12.0. The van der Waals surface area contributed by atoms with Crippen LogP contribution in [0.1, 0.15) is 19.4 Å². The van der Waals surface area contributed by atoms with Gasteiger partial charge in [-0.25, -0.2) is 4.39 Å². The second kappa shape index (κ2) is 5.65. The number of hydrogen-bond donors (Lipinski definition) is 1. The van der Waals surface area contributed by atoms with Crippen LogP contribution in [0.3, 0.4) is 0 Å². The molecule has 1 N–H and O–H groups in total. The first-order valence-corrected chi connectivity index (χ1v) is 5.43. The van der Waals surface area contributed by atoms with Crippen LogP contribution in [0.2, 0.25) is 0 Å². The summed E-state index contributed by atoms with van der Waals surface area (Å²) in [6, 6.07) is 6.60. The van der Waals surface area contributed by atoms with Crippen molar-refractivity contribution < 1.29 is 9.13 Å². The number of nitrogens with one attached hydrogen (secondary N) is 1. The first-order valence-electron chi connectivity index (χ1n) is 5.43. The Morgan fingerprint density at radius 1 is 1.47 bits per heavy atom. The van der Waals surface area contributed by atoms with E-state index >= 15 is 0 Å². The molecule has 1 aromatic rings. The van der Waals surface area contributed by atoms with E-state index in [1.807, 2.05) is 13.8 Å². The molecule has 0 aromatic heterocycles. The quantitative estimate of drug-likeness (QED) is 0.854. The topological polar surface area (TPSA) is 45.0 Å². The molecular weight excluding hydrogens is 219 g/mol. The van der Waals surface area contributed by atoms with Crippen LogP contribution in [0, 0.1) is 22.6 Å². The van der Waals surface area contributed by atoms with Gasteiger partial charge in [-0.3, -0.25) is 0 Å². The maximum Gasteiger partial charge on any atom is 0.123 e. The lowest BCUT2D eigenvalue weighted by atomic mass is 9.96. The first kappa shape index (κ1) is 13.5. The minimum atomic E-state index is -0.430. The van der Waals surface area contributed by atoms with Crippen molar-refractivity contribution in [2.24, 2.45) is 5.41 Å². The highest BCUT2D eigenvalue weighted by Crippen LogP contribution is 2.19. The van der Waals surface area contributed by atoms with Crippen LogP contribution in [-0.4, -0.2) is 13.7 Å². The van der Waals surface area contributed by atoms with Crippen molar-refractivity contribution >= 4 is 0 Å². The van der Waals surface area contributed by atoms with Crippen molar-refractivity contribution in [1.29, 1.82) is 5.26 Å². The van der Waals surface area contributed by atoms with E-state index in [2.05, 4.69) is 11.4 Å². The molecule has 17 heavy (non-hydrogen) atoms. The van der Waals surface area contributed by atoms with Crippen LogP contribution in [-0.2, 0) is 6.54 Å². The summed E-state index contributed by atoms with van der Waals surface area (Å²) in [6.07, 6.45) is 0. The average molecular weight is 236 g/mol. The molecule has 1 rings (SSSR count). The fraction of sp³-hybridized carbons (Fsp3) is 0.462. The summed E-state index contributed by atoms with van der Waals surface area (Å²) >= 11 is 0. The Bertz CT molecular complexity index is 424. The van der Waals surface area contributed by atoms with Gasteiger partial charge in [0.15, 0.2) is 0 Å². The van der Waals surface area contributed by atoms with Crippen molar-refractivity contribution in [2.45, 2.75) is 20.4 Å². The molecule has 0 radical (unpaired) electrons. The van der Waals surface area contributed by atoms with Crippen LogP contribution in [0.4, 0.5) is 4.39 Å². The number of hydrogen-bond acceptors (Lipinski definition) is 3. The second-order valence-electron chi connectivity index (χ2n) is 4.56. The standard InChI is InChI=1S/C13H17FN2O/c1-13(2,8-15)9-16-7-10-6-11(14)4-5-12(10)17-3/h4-6,16H,7,9H2,1-3H3. The molecule has 0 spiro atoms. The largest absolute Gasteiger partial charge is 0.496 e. The molecule has 0 bridgehead atoms. The van der Waals surface area contributed by atoms with Gasteiger partial charge in [-0.05, 0) is 32.0 Å². The molecule has 0 aliphatic rings. The fourth-order valence-electron chi connectivity index (χ4n) is 1.43. The van der Waals surface area contributed by atoms with Crippen molar-refractivity contribution in [3.8, 4) is 11.8 Å². The van der Waals surface area contributed by atoms with Crippen molar-refractivity contribution in [3.05, 3.63) is 29.6 Å². The highest BCUT2D eigenvalue weighted by Gasteiger charge is 2.16. The molecule has 0 unspecified atom stereocenters. The lowest BCUT2D eigenvalue weighted by Crippen LogP contribution is -2.27. The molecule has 4 heteroatoms. The Labute approximate surface area is 101 Å². The van der Waals surface area contributed by atoms with Crippen LogP contribution >= 0.6 is 0 Å². The number of nitriles is 1. The fourth-order valence-corrected chi connectivity index (χ4v) is 1.43. The second-order valence-corrected chi connectivity index (χ2v) is 4.56. The zero-order chi connectivity index (χ0) is 12.9. The van der Waals surface area contributed by atoms with Gasteiger partial charge < -0.3 is 10.1 Å². The molecule has 0 fully saturated rings. The predicted octanol–water partition coefficient (Wildman–Crippen LogP) is 2.47. The van der Waals surface area contributed by atoms with Crippen LogP contribution < -0.4 is 10.1 Å². The van der Waals surface area contributed by atoms with Gasteiger partial charge in [0.1, 0.15) is 11.6 Å².